The zero-order valence-corrected chi connectivity index (χ0v) is 15.6. The summed E-state index contributed by atoms with van der Waals surface area (Å²) in [4.78, 5) is 31.5. The third-order valence-electron chi connectivity index (χ3n) is 3.76. The molecule has 0 radical (unpaired) electrons. The second kappa shape index (κ2) is 7.40. The number of fused-ring (bicyclic) bond motifs is 1. The van der Waals surface area contributed by atoms with Crippen molar-refractivity contribution in [2.45, 2.75) is 49.9 Å². The van der Waals surface area contributed by atoms with E-state index in [1.165, 1.54) is 23.1 Å². The van der Waals surface area contributed by atoms with Gasteiger partial charge in [-0.05, 0) is 13.3 Å². The van der Waals surface area contributed by atoms with E-state index in [1.54, 1.807) is 4.57 Å². The Morgan fingerprint density at radius 2 is 2.04 bits per heavy atom. The van der Waals surface area contributed by atoms with Crippen LogP contribution in [0.2, 0.25) is 0 Å². The predicted octanol–water partition coefficient (Wildman–Crippen LogP) is 1.43. The van der Waals surface area contributed by atoms with E-state index in [4.69, 9.17) is 5.73 Å². The maximum Gasteiger partial charge on any atom is 0.330 e. The normalized spacial score (nSPS) is 11.4. The molecule has 0 spiro atoms. The highest BCUT2D eigenvalue weighted by Crippen LogP contribution is 2.27. The summed E-state index contributed by atoms with van der Waals surface area (Å²) in [5.74, 6) is 1.23. The number of hydrogen-bond donors (Lipinski definition) is 2. The molecule has 0 aliphatic heterocycles. The van der Waals surface area contributed by atoms with Gasteiger partial charge in [0, 0.05) is 13.1 Å². The number of H-pyrrole nitrogens is 1. The summed E-state index contributed by atoms with van der Waals surface area (Å²) in [6.45, 7) is 5.11. The van der Waals surface area contributed by atoms with Crippen molar-refractivity contribution in [1.82, 2.24) is 29.3 Å². The molecule has 3 aromatic rings. The Morgan fingerprint density at radius 3 is 2.68 bits per heavy atom. The Hall–Kier alpha value is -2.14. The van der Waals surface area contributed by atoms with E-state index in [-0.39, 0.29) is 0 Å². The molecular weight excluding hydrogens is 362 g/mol. The summed E-state index contributed by atoms with van der Waals surface area (Å²) in [5.41, 5.74) is 5.65. The number of aromatic nitrogens is 6. The molecular formula is C14H19N7O2S2. The van der Waals surface area contributed by atoms with Crippen molar-refractivity contribution in [3.05, 3.63) is 26.7 Å². The molecule has 3 N–H and O–H groups in total. The van der Waals surface area contributed by atoms with Crippen molar-refractivity contribution in [3.8, 4) is 0 Å². The number of nitrogens with zero attached hydrogens (tertiary/aromatic N) is 5. The van der Waals surface area contributed by atoms with Crippen LogP contribution >= 0.6 is 23.1 Å². The average molecular weight is 381 g/mol. The molecule has 11 heteroatoms. The zero-order chi connectivity index (χ0) is 18.0. The van der Waals surface area contributed by atoms with Gasteiger partial charge in [-0.2, -0.15) is 0 Å². The fourth-order valence-electron chi connectivity index (χ4n) is 2.60. The minimum atomic E-state index is -0.414. The van der Waals surface area contributed by atoms with Gasteiger partial charge in [-0.15, -0.1) is 10.2 Å². The van der Waals surface area contributed by atoms with Crippen molar-refractivity contribution >= 4 is 39.4 Å². The van der Waals surface area contributed by atoms with E-state index in [1.807, 2.05) is 18.4 Å². The molecule has 134 valence electrons. The van der Waals surface area contributed by atoms with E-state index < -0.39 is 11.2 Å². The minimum Gasteiger partial charge on any atom is -0.374 e. The molecule has 0 aliphatic carbocycles. The molecule has 0 fully saturated rings. The molecule has 25 heavy (non-hydrogen) atoms. The van der Waals surface area contributed by atoms with Crippen molar-refractivity contribution in [3.63, 3.8) is 0 Å². The standard InChI is InChI=1S/C14H19N7O2S2/c1-3-5-6-21-10-9(11(22)17-13(21)23)20(4-2)8(16-10)7-24-14-19-18-12(15)25-14/h3-7H2,1-2H3,(H2,15,18)(H,17,22,23). The number of hydrogen-bond acceptors (Lipinski definition) is 8. The number of anilines is 1. The third kappa shape index (κ3) is 3.47. The molecule has 3 rings (SSSR count). The molecule has 0 atom stereocenters. The first kappa shape index (κ1) is 17.7. The van der Waals surface area contributed by atoms with Gasteiger partial charge in [0.1, 0.15) is 5.82 Å². The van der Waals surface area contributed by atoms with Crippen LogP contribution < -0.4 is 17.0 Å². The van der Waals surface area contributed by atoms with Crippen LogP contribution in [-0.4, -0.2) is 29.3 Å². The van der Waals surface area contributed by atoms with Gasteiger partial charge >= 0.3 is 5.69 Å². The van der Waals surface area contributed by atoms with Gasteiger partial charge in [0.15, 0.2) is 15.5 Å². The van der Waals surface area contributed by atoms with Crippen LogP contribution in [0.1, 0.15) is 32.5 Å². The lowest BCUT2D eigenvalue weighted by Crippen LogP contribution is -2.31. The lowest BCUT2D eigenvalue weighted by atomic mass is 10.3. The number of unbranched alkanes of at least 4 members (excludes halogenated alkanes) is 1. The summed E-state index contributed by atoms with van der Waals surface area (Å²) in [6, 6.07) is 0. The van der Waals surface area contributed by atoms with E-state index in [9.17, 15) is 9.59 Å². The molecule has 0 saturated heterocycles. The summed E-state index contributed by atoms with van der Waals surface area (Å²) in [5, 5.41) is 8.18. The fourth-order valence-corrected chi connectivity index (χ4v) is 4.18. The molecule has 0 aromatic carbocycles. The van der Waals surface area contributed by atoms with Crippen molar-refractivity contribution < 1.29 is 0 Å². The number of aromatic amines is 1. The van der Waals surface area contributed by atoms with Crippen LogP contribution in [0, 0.1) is 0 Å². The van der Waals surface area contributed by atoms with Gasteiger partial charge in [0.25, 0.3) is 5.56 Å². The van der Waals surface area contributed by atoms with E-state index in [0.29, 0.717) is 35.1 Å². The first-order chi connectivity index (χ1) is 12.0. The van der Waals surface area contributed by atoms with Gasteiger partial charge in [-0.3, -0.25) is 14.3 Å². The lowest BCUT2D eigenvalue weighted by Gasteiger charge is -2.06. The number of nitrogens with one attached hydrogen (secondary N) is 1. The second-order valence-corrected chi connectivity index (χ2v) is 7.64. The third-order valence-corrected chi connectivity index (χ3v) is 5.64. The largest absolute Gasteiger partial charge is 0.374 e. The maximum atomic E-state index is 12.3. The lowest BCUT2D eigenvalue weighted by molar-refractivity contribution is 0.613. The number of nitrogen functional groups attached to an aromatic ring is 1. The first-order valence-electron chi connectivity index (χ1n) is 7.99. The summed E-state index contributed by atoms with van der Waals surface area (Å²) in [6.07, 6.45) is 1.79. The number of nitrogens with two attached hydrogens (primary N) is 1. The Labute approximate surface area is 151 Å². The SMILES string of the molecule is CCCCn1c(=O)[nH]c(=O)c2c1nc(CSc1nnc(N)s1)n2CC. The smallest absolute Gasteiger partial charge is 0.330 e. The fraction of sp³-hybridized carbons (Fsp3) is 0.500. The summed E-state index contributed by atoms with van der Waals surface area (Å²) >= 11 is 2.76. The van der Waals surface area contributed by atoms with Gasteiger partial charge in [0.2, 0.25) is 5.13 Å². The highest BCUT2D eigenvalue weighted by atomic mass is 32.2. The van der Waals surface area contributed by atoms with Crippen LogP contribution in [0.3, 0.4) is 0 Å². The number of imidazole rings is 1. The Balaban J connectivity index is 2.05. The first-order valence-corrected chi connectivity index (χ1v) is 9.79. The van der Waals surface area contributed by atoms with Gasteiger partial charge in [0.05, 0.1) is 5.75 Å². The molecule has 3 heterocycles. The second-order valence-electron chi connectivity index (χ2n) is 5.40. The van der Waals surface area contributed by atoms with Crippen LogP contribution in [0.5, 0.6) is 0 Å². The number of thioether (sulfide) groups is 1. The van der Waals surface area contributed by atoms with Gasteiger partial charge < -0.3 is 10.3 Å². The minimum absolute atomic E-state index is 0.404. The van der Waals surface area contributed by atoms with Crippen LogP contribution in [0.25, 0.3) is 11.2 Å². The Bertz CT molecular complexity index is 1000. The van der Waals surface area contributed by atoms with Gasteiger partial charge in [-0.1, -0.05) is 36.4 Å². The average Bonchev–Trinajstić information content (AvgIpc) is 3.16. The molecule has 3 aromatic heterocycles. The Morgan fingerprint density at radius 1 is 1.24 bits per heavy atom. The molecule has 9 nitrogen and oxygen atoms in total. The van der Waals surface area contributed by atoms with Crippen LogP contribution in [-0.2, 0) is 18.8 Å². The summed E-state index contributed by atoms with van der Waals surface area (Å²) in [7, 11) is 0. The zero-order valence-electron chi connectivity index (χ0n) is 14.0. The van der Waals surface area contributed by atoms with Crippen molar-refractivity contribution in [2.75, 3.05) is 5.73 Å². The predicted molar refractivity (Wildman–Crippen MR) is 99.1 cm³/mol. The molecule has 0 bridgehead atoms. The number of aryl methyl sites for hydroxylation is 2. The topological polar surface area (TPSA) is 124 Å². The van der Waals surface area contributed by atoms with Crippen molar-refractivity contribution in [1.29, 1.82) is 0 Å². The van der Waals surface area contributed by atoms with Crippen molar-refractivity contribution in [2.24, 2.45) is 0 Å². The van der Waals surface area contributed by atoms with Gasteiger partial charge in [-0.25, -0.2) is 9.78 Å². The molecule has 0 saturated carbocycles. The van der Waals surface area contributed by atoms with E-state index >= 15 is 0 Å². The van der Waals surface area contributed by atoms with Crippen LogP contribution in [0.15, 0.2) is 13.9 Å². The molecule has 0 aliphatic rings. The highest BCUT2D eigenvalue weighted by Gasteiger charge is 2.18. The molecule has 0 amide bonds. The molecule has 0 unspecified atom stereocenters. The summed E-state index contributed by atoms with van der Waals surface area (Å²) < 4.78 is 4.13. The van der Waals surface area contributed by atoms with Crippen LogP contribution in [0.4, 0.5) is 5.13 Å². The Kier molecular flexibility index (Phi) is 5.23. The number of rotatable bonds is 7. The quantitative estimate of drug-likeness (QED) is 0.593. The monoisotopic (exact) mass is 381 g/mol. The maximum absolute atomic E-state index is 12.3. The highest BCUT2D eigenvalue weighted by molar-refractivity contribution is 8.00. The van der Waals surface area contributed by atoms with E-state index in [2.05, 4.69) is 20.2 Å². The van der Waals surface area contributed by atoms with E-state index in [0.717, 1.165) is 23.0 Å².